The second-order valence-corrected chi connectivity index (χ2v) is 5.59. The zero-order valence-electron chi connectivity index (χ0n) is 11.9. The van der Waals surface area contributed by atoms with Crippen LogP contribution in [0.25, 0.3) is 0 Å². The third kappa shape index (κ3) is 3.39. The molecule has 0 aliphatic heterocycles. The molecule has 4 heteroatoms. The van der Waals surface area contributed by atoms with Crippen molar-refractivity contribution in [3.63, 3.8) is 0 Å². The fraction of sp³-hybridized carbons (Fsp3) is 0.600. The molecule has 1 fully saturated rings. The van der Waals surface area contributed by atoms with Crippen molar-refractivity contribution in [1.82, 2.24) is 10.2 Å². The van der Waals surface area contributed by atoms with E-state index in [1.807, 2.05) is 6.92 Å². The number of aromatic hydroxyl groups is 2. The Balaban J connectivity index is 1.91. The van der Waals surface area contributed by atoms with Gasteiger partial charge < -0.3 is 15.5 Å². The Kier molecular flexibility index (Phi) is 4.32. The Labute approximate surface area is 115 Å². The van der Waals surface area contributed by atoms with Crippen LogP contribution in [0, 0.1) is 0 Å². The smallest absolute Gasteiger partial charge is 0.124 e. The summed E-state index contributed by atoms with van der Waals surface area (Å²) in [6.07, 6.45) is 2.60. The summed E-state index contributed by atoms with van der Waals surface area (Å²) in [5.41, 5.74) is 0.573. The first kappa shape index (κ1) is 14.2. The molecule has 0 spiro atoms. The molecule has 0 amide bonds. The van der Waals surface area contributed by atoms with Crippen LogP contribution in [0.3, 0.4) is 0 Å². The highest BCUT2D eigenvalue weighted by Crippen LogP contribution is 2.32. The molecule has 3 N–H and O–H groups in total. The highest BCUT2D eigenvalue weighted by atomic mass is 16.3. The molecular weight excluding hydrogens is 240 g/mol. The number of phenolic OH excluding ortho intramolecular Hbond substituents is 2. The molecule has 106 valence electrons. The average Bonchev–Trinajstić information content (AvgIpc) is 3.19. The normalized spacial score (nSPS) is 18.5. The van der Waals surface area contributed by atoms with Gasteiger partial charge in [-0.2, -0.15) is 0 Å². The highest BCUT2D eigenvalue weighted by Gasteiger charge is 2.29. The number of hydrogen-bond acceptors (Lipinski definition) is 4. The number of rotatable bonds is 6. The molecule has 0 radical (unpaired) electrons. The van der Waals surface area contributed by atoms with Crippen LogP contribution >= 0.6 is 0 Å². The third-order valence-electron chi connectivity index (χ3n) is 4.03. The summed E-state index contributed by atoms with van der Waals surface area (Å²) in [6.45, 7) is 4.99. The molecule has 2 atom stereocenters. The lowest BCUT2D eigenvalue weighted by atomic mass is 10.1. The van der Waals surface area contributed by atoms with Gasteiger partial charge >= 0.3 is 0 Å². The first-order valence-corrected chi connectivity index (χ1v) is 6.97. The summed E-state index contributed by atoms with van der Waals surface area (Å²) >= 11 is 0. The molecular formula is C15H24N2O2. The summed E-state index contributed by atoms with van der Waals surface area (Å²) in [4.78, 5) is 2.39. The topological polar surface area (TPSA) is 55.7 Å². The van der Waals surface area contributed by atoms with E-state index in [0.717, 1.165) is 12.6 Å². The number of benzene rings is 1. The molecule has 1 aromatic rings. The van der Waals surface area contributed by atoms with Crippen LogP contribution in [-0.2, 0) is 0 Å². The molecule has 4 nitrogen and oxygen atoms in total. The molecule has 19 heavy (non-hydrogen) atoms. The molecule has 0 heterocycles. The van der Waals surface area contributed by atoms with Crippen LogP contribution in [0.4, 0.5) is 0 Å². The van der Waals surface area contributed by atoms with E-state index in [4.69, 9.17) is 0 Å². The van der Waals surface area contributed by atoms with Gasteiger partial charge in [-0.15, -0.1) is 0 Å². The van der Waals surface area contributed by atoms with Gasteiger partial charge in [0.15, 0.2) is 0 Å². The van der Waals surface area contributed by atoms with Gasteiger partial charge in [0.05, 0.1) is 5.56 Å². The lowest BCUT2D eigenvalue weighted by Gasteiger charge is -2.26. The van der Waals surface area contributed by atoms with Crippen LogP contribution < -0.4 is 5.32 Å². The minimum Gasteiger partial charge on any atom is -0.507 e. The number of nitrogens with zero attached hydrogens (tertiary/aromatic N) is 1. The maximum atomic E-state index is 9.82. The minimum atomic E-state index is -0.0729. The van der Waals surface area contributed by atoms with E-state index in [9.17, 15) is 10.2 Å². The molecule has 0 saturated heterocycles. The SMILES string of the molecule is CC(NCC(C)N(C)C1CC1)c1c(O)cccc1O. The van der Waals surface area contributed by atoms with E-state index in [-0.39, 0.29) is 17.5 Å². The number of phenols is 2. The lowest BCUT2D eigenvalue weighted by Crippen LogP contribution is -2.39. The Morgan fingerprint density at radius 3 is 2.37 bits per heavy atom. The lowest BCUT2D eigenvalue weighted by molar-refractivity contribution is 0.236. The van der Waals surface area contributed by atoms with E-state index in [1.165, 1.54) is 12.8 Å². The van der Waals surface area contributed by atoms with Crippen molar-refractivity contribution in [2.45, 2.75) is 44.8 Å². The van der Waals surface area contributed by atoms with Gasteiger partial charge in [0.25, 0.3) is 0 Å². The van der Waals surface area contributed by atoms with Gasteiger partial charge in [0.2, 0.25) is 0 Å². The second kappa shape index (κ2) is 5.80. The van der Waals surface area contributed by atoms with Gasteiger partial charge in [-0.1, -0.05) is 6.07 Å². The average molecular weight is 264 g/mol. The zero-order valence-corrected chi connectivity index (χ0v) is 11.9. The second-order valence-electron chi connectivity index (χ2n) is 5.59. The van der Waals surface area contributed by atoms with Crippen molar-refractivity contribution in [3.05, 3.63) is 23.8 Å². The first-order chi connectivity index (χ1) is 9.00. The number of hydrogen-bond donors (Lipinski definition) is 3. The van der Waals surface area contributed by atoms with E-state index in [0.29, 0.717) is 11.6 Å². The molecule has 1 saturated carbocycles. The Bertz CT molecular complexity index is 412. The summed E-state index contributed by atoms with van der Waals surface area (Å²) in [6, 6.07) is 5.97. The van der Waals surface area contributed by atoms with E-state index in [2.05, 4.69) is 24.2 Å². The van der Waals surface area contributed by atoms with Gasteiger partial charge in [0, 0.05) is 24.7 Å². The van der Waals surface area contributed by atoms with Gasteiger partial charge in [-0.25, -0.2) is 0 Å². The summed E-state index contributed by atoms with van der Waals surface area (Å²) in [5.74, 6) is 0.284. The monoisotopic (exact) mass is 264 g/mol. The Hall–Kier alpha value is -1.26. The van der Waals surface area contributed by atoms with E-state index in [1.54, 1.807) is 18.2 Å². The summed E-state index contributed by atoms with van der Waals surface area (Å²) in [5, 5.41) is 23.0. The molecule has 2 unspecified atom stereocenters. The maximum absolute atomic E-state index is 9.82. The molecule has 1 aromatic carbocycles. The molecule has 0 aromatic heterocycles. The van der Waals surface area contributed by atoms with Gasteiger partial charge in [-0.05, 0) is 45.9 Å². The van der Waals surface area contributed by atoms with Crippen LogP contribution in [0.1, 0.15) is 38.3 Å². The number of nitrogens with one attached hydrogen (secondary N) is 1. The molecule has 2 rings (SSSR count). The first-order valence-electron chi connectivity index (χ1n) is 6.97. The van der Waals surface area contributed by atoms with Crippen molar-refractivity contribution >= 4 is 0 Å². The van der Waals surface area contributed by atoms with Crippen LogP contribution in [0.2, 0.25) is 0 Å². The quantitative estimate of drug-likeness (QED) is 0.737. The van der Waals surface area contributed by atoms with Crippen molar-refractivity contribution in [3.8, 4) is 11.5 Å². The van der Waals surface area contributed by atoms with Crippen molar-refractivity contribution in [2.24, 2.45) is 0 Å². The van der Waals surface area contributed by atoms with Crippen LogP contribution in [0.5, 0.6) is 11.5 Å². The minimum absolute atomic E-state index is 0.0729. The summed E-state index contributed by atoms with van der Waals surface area (Å²) < 4.78 is 0. The number of likely N-dealkylation sites (N-methyl/N-ethyl adjacent to an activating group) is 1. The molecule has 0 bridgehead atoms. The molecule has 1 aliphatic rings. The zero-order chi connectivity index (χ0) is 14.0. The van der Waals surface area contributed by atoms with E-state index >= 15 is 0 Å². The van der Waals surface area contributed by atoms with Crippen LogP contribution in [0.15, 0.2) is 18.2 Å². The summed E-state index contributed by atoms with van der Waals surface area (Å²) in [7, 11) is 2.16. The van der Waals surface area contributed by atoms with Gasteiger partial charge in [-0.3, -0.25) is 4.90 Å². The fourth-order valence-electron chi connectivity index (χ4n) is 2.42. The fourth-order valence-corrected chi connectivity index (χ4v) is 2.42. The predicted octanol–water partition coefficient (Wildman–Crippen LogP) is 2.23. The standard InChI is InChI=1S/C15H24N2O2/c1-10(17(3)12-7-8-12)9-16-11(2)15-13(18)5-4-6-14(15)19/h4-6,10-12,16,18-19H,7-9H2,1-3H3. The largest absolute Gasteiger partial charge is 0.507 e. The van der Waals surface area contributed by atoms with Gasteiger partial charge in [0.1, 0.15) is 11.5 Å². The van der Waals surface area contributed by atoms with Crippen molar-refractivity contribution < 1.29 is 10.2 Å². The maximum Gasteiger partial charge on any atom is 0.124 e. The van der Waals surface area contributed by atoms with E-state index < -0.39 is 0 Å². The third-order valence-corrected chi connectivity index (χ3v) is 4.03. The highest BCUT2D eigenvalue weighted by molar-refractivity contribution is 5.44. The molecule has 1 aliphatic carbocycles. The van der Waals surface area contributed by atoms with Crippen LogP contribution in [-0.4, -0.2) is 40.8 Å². The Morgan fingerprint density at radius 2 is 1.84 bits per heavy atom. The van der Waals surface area contributed by atoms with Crippen molar-refractivity contribution in [2.75, 3.05) is 13.6 Å². The van der Waals surface area contributed by atoms with Crippen molar-refractivity contribution in [1.29, 1.82) is 0 Å². The predicted molar refractivity (Wildman–Crippen MR) is 76.4 cm³/mol. The Morgan fingerprint density at radius 1 is 1.26 bits per heavy atom.